The maximum absolute atomic E-state index is 12.1. The van der Waals surface area contributed by atoms with E-state index in [1.807, 2.05) is 25.1 Å². The molecule has 0 aliphatic heterocycles. The van der Waals surface area contributed by atoms with Crippen LogP contribution >= 0.6 is 0 Å². The molecular weight excluding hydrogens is 240 g/mol. The highest BCUT2D eigenvalue weighted by molar-refractivity contribution is 6.05. The summed E-state index contributed by atoms with van der Waals surface area (Å²) in [5, 5.41) is 2.79. The van der Waals surface area contributed by atoms with E-state index in [2.05, 4.69) is 5.32 Å². The molecule has 2 aromatic carbocycles. The van der Waals surface area contributed by atoms with Crippen molar-refractivity contribution in [3.63, 3.8) is 0 Å². The van der Waals surface area contributed by atoms with Crippen molar-refractivity contribution >= 4 is 17.3 Å². The van der Waals surface area contributed by atoms with Crippen molar-refractivity contribution < 1.29 is 9.53 Å². The fraction of sp³-hybridized carbons (Fsp3) is 0.133. The Morgan fingerprint density at radius 2 is 2.00 bits per heavy atom. The second-order valence-corrected chi connectivity index (χ2v) is 4.28. The van der Waals surface area contributed by atoms with Crippen LogP contribution in [-0.2, 0) is 0 Å². The van der Waals surface area contributed by atoms with Crippen LogP contribution in [0.15, 0.2) is 42.5 Å². The molecule has 1 amide bonds. The minimum absolute atomic E-state index is 0.180. The molecule has 0 saturated carbocycles. The van der Waals surface area contributed by atoms with Gasteiger partial charge in [-0.15, -0.1) is 0 Å². The summed E-state index contributed by atoms with van der Waals surface area (Å²) in [6.07, 6.45) is 0. The van der Waals surface area contributed by atoms with E-state index >= 15 is 0 Å². The first-order chi connectivity index (χ1) is 9.10. The Labute approximate surface area is 112 Å². The van der Waals surface area contributed by atoms with Crippen LogP contribution in [0.3, 0.4) is 0 Å². The number of aryl methyl sites for hydroxylation is 1. The number of methoxy groups -OCH3 is 1. The summed E-state index contributed by atoms with van der Waals surface area (Å²) in [7, 11) is 1.57. The van der Waals surface area contributed by atoms with Crippen LogP contribution in [0.1, 0.15) is 15.9 Å². The molecule has 0 spiro atoms. The van der Waals surface area contributed by atoms with Crippen molar-refractivity contribution in [2.45, 2.75) is 6.92 Å². The smallest absolute Gasteiger partial charge is 0.255 e. The van der Waals surface area contributed by atoms with Crippen LogP contribution in [0.25, 0.3) is 0 Å². The van der Waals surface area contributed by atoms with Crippen LogP contribution < -0.4 is 15.8 Å². The fourth-order valence-corrected chi connectivity index (χ4v) is 1.76. The van der Waals surface area contributed by atoms with Gasteiger partial charge in [-0.2, -0.15) is 0 Å². The van der Waals surface area contributed by atoms with Gasteiger partial charge in [0.25, 0.3) is 5.91 Å². The summed E-state index contributed by atoms with van der Waals surface area (Å²) in [5.74, 6) is 0.478. The quantitative estimate of drug-likeness (QED) is 0.830. The molecule has 0 aliphatic rings. The van der Waals surface area contributed by atoms with Crippen molar-refractivity contribution in [1.29, 1.82) is 0 Å². The summed E-state index contributed by atoms with van der Waals surface area (Å²) >= 11 is 0. The average Bonchev–Trinajstić information content (AvgIpc) is 2.41. The third kappa shape index (κ3) is 3.04. The maximum Gasteiger partial charge on any atom is 0.255 e. The number of rotatable bonds is 3. The molecule has 19 heavy (non-hydrogen) atoms. The van der Waals surface area contributed by atoms with E-state index in [4.69, 9.17) is 10.5 Å². The van der Waals surface area contributed by atoms with Crippen molar-refractivity contribution in [2.24, 2.45) is 0 Å². The number of benzene rings is 2. The molecule has 0 radical (unpaired) electrons. The zero-order chi connectivity index (χ0) is 13.8. The van der Waals surface area contributed by atoms with Crippen molar-refractivity contribution in [3.8, 4) is 5.75 Å². The Morgan fingerprint density at radius 3 is 2.63 bits per heavy atom. The van der Waals surface area contributed by atoms with E-state index in [0.717, 1.165) is 5.56 Å². The zero-order valence-electron chi connectivity index (χ0n) is 10.9. The number of amides is 1. The second kappa shape index (κ2) is 5.44. The first-order valence-corrected chi connectivity index (χ1v) is 5.91. The molecule has 4 heteroatoms. The topological polar surface area (TPSA) is 64.3 Å². The van der Waals surface area contributed by atoms with E-state index in [1.165, 1.54) is 0 Å². The van der Waals surface area contributed by atoms with Crippen molar-refractivity contribution in [1.82, 2.24) is 0 Å². The van der Waals surface area contributed by atoms with Gasteiger partial charge in [0.05, 0.1) is 18.5 Å². The van der Waals surface area contributed by atoms with Crippen LogP contribution in [0.5, 0.6) is 5.75 Å². The summed E-state index contributed by atoms with van der Waals surface area (Å²) in [5.41, 5.74) is 8.55. The molecule has 0 atom stereocenters. The minimum Gasteiger partial charge on any atom is -0.497 e. The van der Waals surface area contributed by atoms with E-state index in [0.29, 0.717) is 22.7 Å². The molecule has 0 heterocycles. The van der Waals surface area contributed by atoms with Gasteiger partial charge in [-0.25, -0.2) is 0 Å². The predicted octanol–water partition coefficient (Wildman–Crippen LogP) is 2.84. The molecule has 0 bridgehead atoms. The Bertz CT molecular complexity index is 609. The highest BCUT2D eigenvalue weighted by atomic mass is 16.5. The Balaban J connectivity index is 2.19. The third-order valence-electron chi connectivity index (χ3n) is 2.79. The Kier molecular flexibility index (Phi) is 3.71. The number of carbonyl (C=O) groups is 1. The second-order valence-electron chi connectivity index (χ2n) is 4.28. The van der Waals surface area contributed by atoms with Crippen LogP contribution in [-0.4, -0.2) is 13.0 Å². The molecule has 0 saturated heterocycles. The van der Waals surface area contributed by atoms with Gasteiger partial charge >= 0.3 is 0 Å². The lowest BCUT2D eigenvalue weighted by atomic mass is 10.1. The zero-order valence-corrected chi connectivity index (χ0v) is 10.9. The van der Waals surface area contributed by atoms with Gasteiger partial charge in [0.1, 0.15) is 5.75 Å². The van der Waals surface area contributed by atoms with Gasteiger partial charge in [0.2, 0.25) is 0 Å². The monoisotopic (exact) mass is 256 g/mol. The summed E-state index contributed by atoms with van der Waals surface area (Å²) in [6, 6.07) is 12.5. The molecule has 2 rings (SSSR count). The standard InChI is InChI=1S/C15H16N2O2/c1-10-4-3-5-11(8-10)15(18)17-14-7-6-12(19-2)9-13(14)16/h3-9H,16H2,1-2H3,(H,17,18). The molecule has 3 N–H and O–H groups in total. The van der Waals surface area contributed by atoms with Gasteiger partial charge in [0, 0.05) is 11.6 Å². The van der Waals surface area contributed by atoms with E-state index in [1.54, 1.807) is 31.4 Å². The number of nitrogens with two attached hydrogens (primary N) is 1. The van der Waals surface area contributed by atoms with E-state index < -0.39 is 0 Å². The predicted molar refractivity (Wildman–Crippen MR) is 76.5 cm³/mol. The normalized spacial score (nSPS) is 10.0. The van der Waals surface area contributed by atoms with E-state index in [9.17, 15) is 4.79 Å². The largest absolute Gasteiger partial charge is 0.497 e. The number of hydrogen-bond donors (Lipinski definition) is 2. The number of hydrogen-bond acceptors (Lipinski definition) is 3. The lowest BCUT2D eigenvalue weighted by Gasteiger charge is -2.10. The first-order valence-electron chi connectivity index (χ1n) is 5.91. The lowest BCUT2D eigenvalue weighted by Crippen LogP contribution is -2.13. The summed E-state index contributed by atoms with van der Waals surface area (Å²) < 4.78 is 5.06. The fourth-order valence-electron chi connectivity index (χ4n) is 1.76. The van der Waals surface area contributed by atoms with E-state index in [-0.39, 0.29) is 5.91 Å². The van der Waals surface area contributed by atoms with Gasteiger partial charge in [-0.05, 0) is 31.2 Å². The minimum atomic E-state index is -0.180. The van der Waals surface area contributed by atoms with Gasteiger partial charge in [-0.3, -0.25) is 4.79 Å². The summed E-state index contributed by atoms with van der Waals surface area (Å²) in [6.45, 7) is 1.94. The summed E-state index contributed by atoms with van der Waals surface area (Å²) in [4.78, 5) is 12.1. The van der Waals surface area contributed by atoms with Crippen LogP contribution in [0.2, 0.25) is 0 Å². The number of nitrogens with one attached hydrogen (secondary N) is 1. The molecule has 98 valence electrons. The molecule has 0 unspecified atom stereocenters. The molecule has 0 fully saturated rings. The third-order valence-corrected chi connectivity index (χ3v) is 2.79. The number of ether oxygens (including phenoxy) is 1. The molecule has 0 aromatic heterocycles. The maximum atomic E-state index is 12.1. The number of nitrogen functional groups attached to an aromatic ring is 1. The highest BCUT2D eigenvalue weighted by Crippen LogP contribution is 2.24. The first kappa shape index (κ1) is 13.0. The Morgan fingerprint density at radius 1 is 1.21 bits per heavy atom. The molecular formula is C15H16N2O2. The number of anilines is 2. The molecule has 0 aliphatic carbocycles. The molecule has 2 aromatic rings. The van der Waals surface area contributed by atoms with Crippen molar-refractivity contribution in [3.05, 3.63) is 53.6 Å². The van der Waals surface area contributed by atoms with Crippen LogP contribution in [0, 0.1) is 6.92 Å². The Hall–Kier alpha value is -2.49. The molecule has 4 nitrogen and oxygen atoms in total. The van der Waals surface area contributed by atoms with Crippen LogP contribution in [0.4, 0.5) is 11.4 Å². The lowest BCUT2D eigenvalue weighted by molar-refractivity contribution is 0.102. The SMILES string of the molecule is COc1ccc(NC(=O)c2cccc(C)c2)c(N)c1. The van der Waals surface area contributed by atoms with Gasteiger partial charge in [-0.1, -0.05) is 17.7 Å². The van der Waals surface area contributed by atoms with Gasteiger partial charge in [0.15, 0.2) is 0 Å². The van der Waals surface area contributed by atoms with Crippen molar-refractivity contribution in [2.75, 3.05) is 18.2 Å². The van der Waals surface area contributed by atoms with Gasteiger partial charge < -0.3 is 15.8 Å². The highest BCUT2D eigenvalue weighted by Gasteiger charge is 2.08. The number of carbonyl (C=O) groups excluding carboxylic acids is 1. The average molecular weight is 256 g/mol.